The molecule has 0 unspecified atom stereocenters. The number of hydrogen-bond acceptors (Lipinski definition) is 6. The normalized spacial score (nSPS) is 11.8. The maximum Gasteiger partial charge on any atom is 0.266 e. The minimum atomic E-state index is -0.623. The molecule has 1 amide bonds. The fourth-order valence-corrected chi connectivity index (χ4v) is 4.11. The molecule has 0 spiro atoms. The Bertz CT molecular complexity index is 884. The number of aromatic nitrogens is 2. The minimum absolute atomic E-state index is 0.239. The van der Waals surface area contributed by atoms with Gasteiger partial charge in [-0.15, -0.1) is 10.2 Å². The van der Waals surface area contributed by atoms with Crippen molar-refractivity contribution in [1.29, 1.82) is 0 Å². The number of benzene rings is 2. The molecular weight excluding hydrogens is 378 g/mol. The molecule has 3 rings (SSSR count). The maximum atomic E-state index is 12.4. The third-order valence-corrected chi connectivity index (χ3v) is 5.91. The van der Waals surface area contributed by atoms with Gasteiger partial charge in [-0.1, -0.05) is 78.6 Å². The molecular formula is C20H21N3O2S2. The van der Waals surface area contributed by atoms with Gasteiger partial charge in [-0.25, -0.2) is 0 Å². The molecule has 27 heavy (non-hydrogen) atoms. The van der Waals surface area contributed by atoms with Gasteiger partial charge in [0.25, 0.3) is 5.91 Å². The molecule has 0 radical (unpaired) electrons. The highest BCUT2D eigenvalue weighted by Crippen LogP contribution is 2.28. The maximum absolute atomic E-state index is 12.4. The fraction of sp³-hybridized carbons (Fsp3) is 0.250. The molecule has 0 bridgehead atoms. The van der Waals surface area contributed by atoms with E-state index >= 15 is 0 Å². The van der Waals surface area contributed by atoms with E-state index in [0.29, 0.717) is 5.13 Å². The Kier molecular flexibility index (Phi) is 6.84. The van der Waals surface area contributed by atoms with E-state index in [-0.39, 0.29) is 5.91 Å². The third-order valence-electron chi connectivity index (χ3n) is 3.87. The van der Waals surface area contributed by atoms with Crippen LogP contribution in [0.4, 0.5) is 5.13 Å². The minimum Gasteiger partial charge on any atom is -0.481 e. The van der Waals surface area contributed by atoms with Crippen molar-refractivity contribution in [2.24, 2.45) is 0 Å². The number of aryl methyl sites for hydroxylation is 1. The van der Waals surface area contributed by atoms with Crippen LogP contribution in [0.5, 0.6) is 5.75 Å². The summed E-state index contributed by atoms with van der Waals surface area (Å²) >= 11 is 2.96. The molecule has 0 aliphatic heterocycles. The van der Waals surface area contributed by atoms with Gasteiger partial charge in [-0.2, -0.15) is 0 Å². The summed E-state index contributed by atoms with van der Waals surface area (Å²) in [5.41, 5.74) is 2.30. The largest absolute Gasteiger partial charge is 0.481 e. The number of hydrogen-bond donors (Lipinski definition) is 1. The number of carbonyl (C=O) groups is 1. The SMILES string of the molecule is CCc1ccccc1O[C@H](C)C(=O)Nc1nnc(SCc2ccccc2)s1. The van der Waals surface area contributed by atoms with Gasteiger partial charge in [-0.05, 0) is 30.5 Å². The van der Waals surface area contributed by atoms with E-state index in [2.05, 4.69) is 34.6 Å². The second-order valence-electron chi connectivity index (χ2n) is 5.86. The number of ether oxygens (including phenoxy) is 1. The Morgan fingerprint density at radius 1 is 1.15 bits per heavy atom. The van der Waals surface area contributed by atoms with Crippen LogP contribution in [0.3, 0.4) is 0 Å². The number of amides is 1. The zero-order valence-electron chi connectivity index (χ0n) is 15.2. The number of rotatable bonds is 8. The summed E-state index contributed by atoms with van der Waals surface area (Å²) in [5.74, 6) is 1.31. The van der Waals surface area contributed by atoms with Crippen molar-refractivity contribution in [2.45, 2.75) is 36.5 Å². The molecule has 140 valence electrons. The molecule has 0 saturated carbocycles. The number of nitrogens with one attached hydrogen (secondary N) is 1. The summed E-state index contributed by atoms with van der Waals surface area (Å²) in [7, 11) is 0. The topological polar surface area (TPSA) is 64.1 Å². The van der Waals surface area contributed by atoms with Gasteiger partial charge in [0.15, 0.2) is 10.4 Å². The molecule has 1 atom stereocenters. The highest BCUT2D eigenvalue weighted by molar-refractivity contribution is 8.00. The Morgan fingerprint density at radius 2 is 1.89 bits per heavy atom. The Morgan fingerprint density at radius 3 is 2.67 bits per heavy atom. The van der Waals surface area contributed by atoms with Crippen molar-refractivity contribution >= 4 is 34.1 Å². The second kappa shape index (κ2) is 9.53. The zero-order valence-corrected chi connectivity index (χ0v) is 16.8. The Balaban J connectivity index is 1.54. The van der Waals surface area contributed by atoms with Crippen LogP contribution in [0.15, 0.2) is 58.9 Å². The van der Waals surface area contributed by atoms with Gasteiger partial charge in [0, 0.05) is 5.75 Å². The van der Waals surface area contributed by atoms with E-state index in [4.69, 9.17) is 4.74 Å². The van der Waals surface area contributed by atoms with Crippen molar-refractivity contribution in [3.05, 3.63) is 65.7 Å². The van der Waals surface area contributed by atoms with Crippen LogP contribution in [0, 0.1) is 0 Å². The van der Waals surface area contributed by atoms with Crippen LogP contribution in [0.25, 0.3) is 0 Å². The quantitative estimate of drug-likeness (QED) is 0.435. The van der Waals surface area contributed by atoms with Crippen LogP contribution >= 0.6 is 23.1 Å². The van der Waals surface area contributed by atoms with Crippen molar-refractivity contribution in [3.63, 3.8) is 0 Å². The summed E-state index contributed by atoms with van der Waals surface area (Å²) in [6.45, 7) is 3.79. The molecule has 1 heterocycles. The van der Waals surface area contributed by atoms with Crippen molar-refractivity contribution in [3.8, 4) is 5.75 Å². The summed E-state index contributed by atoms with van der Waals surface area (Å²) in [4.78, 5) is 12.4. The summed E-state index contributed by atoms with van der Waals surface area (Å²) in [5, 5.41) is 11.4. The molecule has 1 aromatic heterocycles. The van der Waals surface area contributed by atoms with Gasteiger partial charge in [0.2, 0.25) is 5.13 Å². The van der Waals surface area contributed by atoms with Crippen LogP contribution in [-0.2, 0) is 17.0 Å². The molecule has 0 aliphatic carbocycles. The predicted molar refractivity (Wildman–Crippen MR) is 110 cm³/mol. The fourth-order valence-electron chi connectivity index (χ4n) is 2.40. The van der Waals surface area contributed by atoms with Gasteiger partial charge in [-0.3, -0.25) is 10.1 Å². The van der Waals surface area contributed by atoms with E-state index < -0.39 is 6.10 Å². The molecule has 7 heteroatoms. The highest BCUT2D eigenvalue weighted by atomic mass is 32.2. The first-order valence-electron chi connectivity index (χ1n) is 8.71. The molecule has 3 aromatic rings. The average Bonchev–Trinajstić information content (AvgIpc) is 3.15. The van der Waals surface area contributed by atoms with E-state index in [9.17, 15) is 4.79 Å². The number of para-hydroxylation sites is 1. The summed E-state index contributed by atoms with van der Waals surface area (Å²) < 4.78 is 6.64. The van der Waals surface area contributed by atoms with E-state index in [1.165, 1.54) is 16.9 Å². The van der Waals surface area contributed by atoms with Gasteiger partial charge in [0.1, 0.15) is 5.75 Å². The predicted octanol–water partition coefficient (Wildman–Crippen LogP) is 4.80. The lowest BCUT2D eigenvalue weighted by Crippen LogP contribution is -2.30. The van der Waals surface area contributed by atoms with Crippen molar-refractivity contribution < 1.29 is 9.53 Å². The lowest BCUT2D eigenvalue weighted by molar-refractivity contribution is -0.122. The van der Waals surface area contributed by atoms with Crippen LogP contribution in [-0.4, -0.2) is 22.2 Å². The first-order valence-corrected chi connectivity index (χ1v) is 10.5. The van der Waals surface area contributed by atoms with Crippen LogP contribution in [0.2, 0.25) is 0 Å². The first kappa shape index (κ1) is 19.4. The number of carbonyl (C=O) groups excluding carboxylic acids is 1. The third kappa shape index (κ3) is 5.55. The van der Waals surface area contributed by atoms with E-state index in [1.54, 1.807) is 18.7 Å². The lowest BCUT2D eigenvalue weighted by atomic mass is 10.1. The molecule has 0 fully saturated rings. The van der Waals surface area contributed by atoms with Gasteiger partial charge in [0.05, 0.1) is 0 Å². The van der Waals surface area contributed by atoms with Crippen molar-refractivity contribution in [1.82, 2.24) is 10.2 Å². The van der Waals surface area contributed by atoms with Crippen molar-refractivity contribution in [2.75, 3.05) is 5.32 Å². The monoisotopic (exact) mass is 399 g/mol. The van der Waals surface area contributed by atoms with E-state index in [1.807, 2.05) is 42.5 Å². The molecule has 0 saturated heterocycles. The average molecular weight is 400 g/mol. The lowest BCUT2D eigenvalue weighted by Gasteiger charge is -2.15. The Hall–Kier alpha value is -2.38. The van der Waals surface area contributed by atoms with E-state index in [0.717, 1.165) is 27.8 Å². The summed E-state index contributed by atoms with van der Waals surface area (Å²) in [6, 6.07) is 17.9. The smallest absolute Gasteiger partial charge is 0.266 e. The number of thioether (sulfide) groups is 1. The Labute approximate surface area is 167 Å². The van der Waals surface area contributed by atoms with Crippen LogP contribution in [0.1, 0.15) is 25.0 Å². The van der Waals surface area contributed by atoms with Gasteiger partial charge >= 0.3 is 0 Å². The summed E-state index contributed by atoms with van der Waals surface area (Å²) in [6.07, 6.45) is 0.227. The standard InChI is InChI=1S/C20H21N3O2S2/c1-3-16-11-7-8-12-17(16)25-14(2)18(24)21-19-22-23-20(27-19)26-13-15-9-5-4-6-10-15/h4-12,14H,3,13H2,1-2H3,(H,21,22,24)/t14-/m1/s1. The number of anilines is 1. The molecule has 1 N–H and O–H groups in total. The molecule has 0 aliphatic rings. The second-order valence-corrected chi connectivity index (χ2v) is 8.06. The molecule has 5 nitrogen and oxygen atoms in total. The number of nitrogens with zero attached hydrogens (tertiary/aromatic N) is 2. The van der Waals surface area contributed by atoms with Gasteiger partial charge < -0.3 is 4.74 Å². The highest BCUT2D eigenvalue weighted by Gasteiger charge is 2.18. The molecule has 2 aromatic carbocycles. The zero-order chi connectivity index (χ0) is 19.1. The first-order chi connectivity index (χ1) is 13.2. The van der Waals surface area contributed by atoms with Crippen LogP contribution < -0.4 is 10.1 Å².